The Labute approximate surface area is 177 Å². The summed E-state index contributed by atoms with van der Waals surface area (Å²) < 4.78 is 3.47. The second kappa shape index (κ2) is 8.30. The van der Waals surface area contributed by atoms with Crippen LogP contribution in [-0.4, -0.2) is 25.2 Å². The molecule has 2 N–H and O–H groups in total. The van der Waals surface area contributed by atoms with Gasteiger partial charge in [-0.05, 0) is 42.5 Å². The third-order valence-electron chi connectivity index (χ3n) is 4.67. The number of hydrogen-bond acceptors (Lipinski definition) is 4. The van der Waals surface area contributed by atoms with Crippen LogP contribution in [0, 0.1) is 4.77 Å². The molecular formula is C22H19N5O2S. The lowest BCUT2D eigenvalue weighted by Gasteiger charge is -2.08. The number of H-pyrrole nitrogens is 1. The van der Waals surface area contributed by atoms with Crippen molar-refractivity contribution in [2.45, 2.75) is 13.1 Å². The fraction of sp³-hybridized carbons (Fsp3) is 0.0909. The van der Waals surface area contributed by atoms with Gasteiger partial charge in [-0.3, -0.25) is 14.2 Å². The number of carbonyl (C=O) groups excluding carboxylic acids is 1. The summed E-state index contributed by atoms with van der Waals surface area (Å²) >= 11 is 5.25. The first-order chi connectivity index (χ1) is 14.6. The largest absolute Gasteiger partial charge is 0.348 e. The van der Waals surface area contributed by atoms with Gasteiger partial charge in [-0.15, -0.1) is 6.58 Å². The molecule has 4 aromatic rings. The van der Waals surface area contributed by atoms with Crippen LogP contribution in [0.2, 0.25) is 0 Å². The average molecular weight is 417 g/mol. The van der Waals surface area contributed by atoms with E-state index in [1.165, 1.54) is 4.57 Å². The van der Waals surface area contributed by atoms with E-state index in [-0.39, 0.29) is 11.5 Å². The van der Waals surface area contributed by atoms with E-state index in [0.29, 0.717) is 34.3 Å². The molecule has 0 aliphatic carbocycles. The maximum atomic E-state index is 12.6. The fourth-order valence-electron chi connectivity index (χ4n) is 3.15. The van der Waals surface area contributed by atoms with E-state index in [1.807, 2.05) is 36.5 Å². The molecule has 0 spiro atoms. The van der Waals surface area contributed by atoms with Crippen molar-refractivity contribution in [1.82, 2.24) is 24.6 Å². The highest BCUT2D eigenvalue weighted by Crippen LogP contribution is 2.12. The summed E-state index contributed by atoms with van der Waals surface area (Å²) in [6.45, 7) is 4.30. The minimum absolute atomic E-state index is 0.214. The van der Waals surface area contributed by atoms with Crippen LogP contribution in [0.5, 0.6) is 0 Å². The van der Waals surface area contributed by atoms with Gasteiger partial charge in [0.25, 0.3) is 11.5 Å². The molecule has 150 valence electrons. The number of benzene rings is 2. The summed E-state index contributed by atoms with van der Waals surface area (Å²) in [5.41, 5.74) is 2.56. The van der Waals surface area contributed by atoms with Gasteiger partial charge in [-0.25, -0.2) is 4.68 Å². The molecule has 0 aliphatic heterocycles. The van der Waals surface area contributed by atoms with Crippen molar-refractivity contribution in [2.24, 2.45) is 0 Å². The minimum Gasteiger partial charge on any atom is -0.348 e. The molecule has 2 aromatic carbocycles. The fourth-order valence-corrected chi connectivity index (χ4v) is 3.42. The van der Waals surface area contributed by atoms with E-state index in [2.05, 4.69) is 22.0 Å². The number of aromatic nitrogens is 4. The van der Waals surface area contributed by atoms with Crippen molar-refractivity contribution in [1.29, 1.82) is 0 Å². The zero-order chi connectivity index (χ0) is 21.1. The predicted molar refractivity (Wildman–Crippen MR) is 118 cm³/mol. The van der Waals surface area contributed by atoms with Crippen LogP contribution < -0.4 is 10.9 Å². The normalized spacial score (nSPS) is 10.8. The zero-order valence-corrected chi connectivity index (χ0v) is 16.9. The van der Waals surface area contributed by atoms with Crippen LogP contribution in [0.4, 0.5) is 0 Å². The van der Waals surface area contributed by atoms with Crippen molar-refractivity contribution in [2.75, 3.05) is 0 Å². The van der Waals surface area contributed by atoms with Crippen molar-refractivity contribution >= 4 is 29.0 Å². The van der Waals surface area contributed by atoms with Gasteiger partial charge in [0.2, 0.25) is 0 Å². The maximum absolute atomic E-state index is 12.6. The molecule has 30 heavy (non-hydrogen) atoms. The van der Waals surface area contributed by atoms with Crippen molar-refractivity contribution in [3.8, 4) is 5.69 Å². The van der Waals surface area contributed by atoms with Crippen LogP contribution in [0.3, 0.4) is 0 Å². The maximum Gasteiger partial charge on any atom is 0.262 e. The quantitative estimate of drug-likeness (QED) is 0.372. The summed E-state index contributed by atoms with van der Waals surface area (Å²) in [7, 11) is 0. The molecule has 2 heterocycles. The number of nitrogens with one attached hydrogen (secondary N) is 2. The number of nitrogens with zero attached hydrogens (tertiary/aromatic N) is 3. The highest BCUT2D eigenvalue weighted by atomic mass is 32.1. The van der Waals surface area contributed by atoms with E-state index in [9.17, 15) is 9.59 Å². The molecule has 0 atom stereocenters. The van der Waals surface area contributed by atoms with Gasteiger partial charge >= 0.3 is 0 Å². The van der Waals surface area contributed by atoms with Gasteiger partial charge in [0.1, 0.15) is 0 Å². The van der Waals surface area contributed by atoms with Crippen LogP contribution in [0.25, 0.3) is 16.6 Å². The van der Waals surface area contributed by atoms with E-state index in [4.69, 9.17) is 12.2 Å². The summed E-state index contributed by atoms with van der Waals surface area (Å²) in [4.78, 5) is 28.2. The Balaban J connectivity index is 1.52. The van der Waals surface area contributed by atoms with E-state index in [1.54, 1.807) is 35.2 Å². The Morgan fingerprint density at radius 2 is 2.03 bits per heavy atom. The predicted octanol–water partition coefficient (Wildman–Crippen LogP) is 3.36. The molecule has 0 radical (unpaired) electrons. The third kappa shape index (κ3) is 3.85. The lowest BCUT2D eigenvalue weighted by molar-refractivity contribution is 0.0951. The lowest BCUT2D eigenvalue weighted by Crippen LogP contribution is -2.24. The average Bonchev–Trinajstić information content (AvgIpc) is 3.24. The van der Waals surface area contributed by atoms with Crippen LogP contribution in [0.15, 0.2) is 78.4 Å². The van der Waals surface area contributed by atoms with E-state index < -0.39 is 0 Å². The molecular weight excluding hydrogens is 398 g/mol. The smallest absolute Gasteiger partial charge is 0.262 e. The Morgan fingerprint density at radius 1 is 1.23 bits per heavy atom. The summed E-state index contributed by atoms with van der Waals surface area (Å²) in [5, 5.41) is 7.67. The number of rotatable bonds is 6. The number of hydrogen-bond donors (Lipinski definition) is 2. The Hall–Kier alpha value is -3.78. The van der Waals surface area contributed by atoms with Gasteiger partial charge < -0.3 is 10.3 Å². The first-order valence-corrected chi connectivity index (χ1v) is 9.72. The van der Waals surface area contributed by atoms with Gasteiger partial charge in [-0.2, -0.15) is 5.10 Å². The molecule has 0 saturated heterocycles. The Morgan fingerprint density at radius 3 is 2.80 bits per heavy atom. The molecule has 0 unspecified atom stereocenters. The molecule has 1 amide bonds. The van der Waals surface area contributed by atoms with Gasteiger partial charge in [0.15, 0.2) is 4.77 Å². The lowest BCUT2D eigenvalue weighted by atomic mass is 10.1. The van der Waals surface area contributed by atoms with Crippen molar-refractivity contribution < 1.29 is 4.79 Å². The summed E-state index contributed by atoms with van der Waals surface area (Å²) in [6.07, 6.45) is 5.20. The van der Waals surface area contributed by atoms with Crippen LogP contribution in [-0.2, 0) is 13.1 Å². The number of carbonyl (C=O) groups is 1. The molecule has 4 rings (SSSR count). The van der Waals surface area contributed by atoms with Crippen molar-refractivity contribution in [3.05, 3.63) is 99.8 Å². The van der Waals surface area contributed by atoms with Gasteiger partial charge in [0, 0.05) is 30.4 Å². The molecule has 0 bridgehead atoms. The molecule has 7 nitrogen and oxygen atoms in total. The van der Waals surface area contributed by atoms with Crippen molar-refractivity contribution in [3.63, 3.8) is 0 Å². The monoisotopic (exact) mass is 417 g/mol. The first kappa shape index (κ1) is 19.5. The van der Waals surface area contributed by atoms with Gasteiger partial charge in [0.05, 0.1) is 22.8 Å². The second-order valence-electron chi connectivity index (χ2n) is 6.71. The summed E-state index contributed by atoms with van der Waals surface area (Å²) in [6, 6.07) is 14.6. The molecule has 8 heteroatoms. The van der Waals surface area contributed by atoms with Crippen LogP contribution >= 0.6 is 12.2 Å². The summed E-state index contributed by atoms with van der Waals surface area (Å²) in [5.74, 6) is -0.251. The topological polar surface area (TPSA) is 84.7 Å². The number of amides is 1. The first-order valence-electron chi connectivity index (χ1n) is 9.32. The zero-order valence-electron chi connectivity index (χ0n) is 16.0. The SMILES string of the molecule is C=CCn1c(=S)[nH]c2cc(C(=O)NCc3cnn(-c4ccccc4)c3)ccc2c1=O. The highest BCUT2D eigenvalue weighted by Gasteiger charge is 2.11. The minimum atomic E-state index is -0.251. The molecule has 0 saturated carbocycles. The van der Waals surface area contributed by atoms with E-state index in [0.717, 1.165) is 11.3 Å². The molecule has 0 fully saturated rings. The standard InChI is InChI=1S/C22H19N5O2S/c1-2-10-26-21(29)18-9-8-16(11-19(18)25-22(26)30)20(28)23-12-15-13-24-27(14-15)17-6-4-3-5-7-17/h2-9,11,13-14H,1,10,12H2,(H,23,28)(H,25,30). The van der Waals surface area contributed by atoms with Gasteiger partial charge in [-0.1, -0.05) is 24.3 Å². The van der Waals surface area contributed by atoms with Crippen LogP contribution in [0.1, 0.15) is 15.9 Å². The number of allylic oxidation sites excluding steroid dienone is 1. The highest BCUT2D eigenvalue weighted by molar-refractivity contribution is 7.71. The third-order valence-corrected chi connectivity index (χ3v) is 4.99. The number of aromatic amines is 1. The Kier molecular flexibility index (Phi) is 5.40. The second-order valence-corrected chi connectivity index (χ2v) is 7.09. The number of fused-ring (bicyclic) bond motifs is 1. The van der Waals surface area contributed by atoms with E-state index >= 15 is 0 Å². The molecule has 0 aliphatic rings. The Bertz CT molecular complexity index is 1350. The molecule has 2 aromatic heterocycles. The number of para-hydroxylation sites is 1.